The summed E-state index contributed by atoms with van der Waals surface area (Å²) >= 11 is 1.59. The average molecular weight is 267 g/mol. The Labute approximate surface area is 101 Å². The molecule has 1 heterocycles. The number of carbonyl (C=O) groups is 1. The van der Waals surface area contributed by atoms with Gasteiger partial charge in [0.2, 0.25) is 10.0 Å². The highest BCUT2D eigenvalue weighted by Crippen LogP contribution is 2.37. The van der Waals surface area contributed by atoms with E-state index in [2.05, 4.69) is 0 Å². The van der Waals surface area contributed by atoms with Crippen LogP contribution in [0.5, 0.6) is 0 Å². The van der Waals surface area contributed by atoms with Crippen molar-refractivity contribution in [1.29, 1.82) is 0 Å². The summed E-state index contributed by atoms with van der Waals surface area (Å²) < 4.78 is 28.7. The monoisotopic (exact) mass is 267 g/mol. The molecule has 0 spiro atoms. The number of methoxy groups -OCH3 is 1. The first-order valence-electron chi connectivity index (χ1n) is 4.89. The molecule has 1 unspecified atom stereocenters. The van der Waals surface area contributed by atoms with Crippen LogP contribution in [0.1, 0.15) is 13.8 Å². The Bertz CT molecular complexity index is 377. The zero-order chi connectivity index (χ0) is 12.6. The predicted molar refractivity (Wildman–Crippen MR) is 63.9 cm³/mol. The topological polar surface area (TPSA) is 63.7 Å². The fraction of sp³-hybridized carbons (Fsp3) is 0.889. The third-order valence-electron chi connectivity index (χ3n) is 2.58. The molecule has 94 valence electrons. The van der Waals surface area contributed by atoms with Crippen LogP contribution >= 0.6 is 11.8 Å². The van der Waals surface area contributed by atoms with Crippen LogP contribution < -0.4 is 0 Å². The fourth-order valence-corrected chi connectivity index (χ4v) is 4.36. The third kappa shape index (κ3) is 2.70. The minimum Gasteiger partial charge on any atom is -0.468 e. The second-order valence-corrected chi connectivity index (χ2v) is 7.94. The Hall–Kier alpha value is -0.270. The van der Waals surface area contributed by atoms with E-state index in [0.717, 1.165) is 6.26 Å². The molecule has 0 radical (unpaired) electrons. The van der Waals surface area contributed by atoms with Crippen LogP contribution in [0.4, 0.5) is 0 Å². The van der Waals surface area contributed by atoms with Gasteiger partial charge in [0.1, 0.15) is 6.04 Å². The summed E-state index contributed by atoms with van der Waals surface area (Å²) in [5.74, 6) is 0.190. The SMILES string of the molecule is COC(=O)C1N(S(C)(=O)=O)CCSC1(C)C. The lowest BCUT2D eigenvalue weighted by Gasteiger charge is -2.42. The smallest absolute Gasteiger partial charge is 0.325 e. The highest BCUT2D eigenvalue weighted by atomic mass is 32.2. The zero-order valence-electron chi connectivity index (χ0n) is 9.89. The summed E-state index contributed by atoms with van der Waals surface area (Å²) in [6, 6.07) is -0.744. The van der Waals surface area contributed by atoms with E-state index in [1.54, 1.807) is 11.8 Å². The van der Waals surface area contributed by atoms with Gasteiger partial charge in [0.15, 0.2) is 0 Å². The maximum Gasteiger partial charge on any atom is 0.325 e. The summed E-state index contributed by atoms with van der Waals surface area (Å²) in [6.07, 6.45) is 1.12. The molecule has 0 N–H and O–H groups in total. The number of thioether (sulfide) groups is 1. The number of esters is 1. The van der Waals surface area contributed by atoms with Crippen molar-refractivity contribution < 1.29 is 17.9 Å². The van der Waals surface area contributed by atoms with Crippen LogP contribution in [0.25, 0.3) is 0 Å². The predicted octanol–water partition coefficient (Wildman–Crippen LogP) is 0.315. The third-order valence-corrected chi connectivity index (χ3v) is 5.18. The highest BCUT2D eigenvalue weighted by Gasteiger charge is 2.47. The Morgan fingerprint density at radius 2 is 2.06 bits per heavy atom. The van der Waals surface area contributed by atoms with Gasteiger partial charge in [-0.05, 0) is 13.8 Å². The summed E-state index contributed by atoms with van der Waals surface area (Å²) in [7, 11) is -2.11. The number of carbonyl (C=O) groups excluding carboxylic acids is 1. The molecule has 7 heteroatoms. The lowest BCUT2D eigenvalue weighted by atomic mass is 10.0. The van der Waals surface area contributed by atoms with E-state index in [9.17, 15) is 13.2 Å². The van der Waals surface area contributed by atoms with Gasteiger partial charge in [-0.25, -0.2) is 8.42 Å². The molecule has 1 saturated heterocycles. The van der Waals surface area contributed by atoms with Crippen molar-refractivity contribution in [2.75, 3.05) is 25.7 Å². The molecule has 0 aromatic heterocycles. The van der Waals surface area contributed by atoms with E-state index < -0.39 is 26.8 Å². The van der Waals surface area contributed by atoms with Gasteiger partial charge in [-0.15, -0.1) is 0 Å². The van der Waals surface area contributed by atoms with Gasteiger partial charge in [-0.3, -0.25) is 4.79 Å². The lowest BCUT2D eigenvalue weighted by Crippen LogP contribution is -2.58. The molecule has 0 bridgehead atoms. The summed E-state index contributed by atoms with van der Waals surface area (Å²) in [4.78, 5) is 11.7. The first-order chi connectivity index (χ1) is 7.20. The normalized spacial score (nSPS) is 26.4. The molecule has 0 aromatic carbocycles. The first-order valence-corrected chi connectivity index (χ1v) is 7.72. The molecule has 1 aliphatic rings. The van der Waals surface area contributed by atoms with E-state index in [0.29, 0.717) is 12.3 Å². The summed E-state index contributed by atoms with van der Waals surface area (Å²) in [5, 5.41) is 0. The van der Waals surface area contributed by atoms with Gasteiger partial charge in [-0.1, -0.05) is 0 Å². The van der Waals surface area contributed by atoms with Gasteiger partial charge in [0, 0.05) is 17.0 Å². The second-order valence-electron chi connectivity index (χ2n) is 4.25. The highest BCUT2D eigenvalue weighted by molar-refractivity contribution is 8.00. The largest absolute Gasteiger partial charge is 0.468 e. The number of hydrogen-bond acceptors (Lipinski definition) is 5. The van der Waals surface area contributed by atoms with Gasteiger partial charge in [0.25, 0.3) is 0 Å². The van der Waals surface area contributed by atoms with Crippen molar-refractivity contribution in [3.05, 3.63) is 0 Å². The molecule has 1 fully saturated rings. The molecule has 0 saturated carbocycles. The zero-order valence-corrected chi connectivity index (χ0v) is 11.5. The van der Waals surface area contributed by atoms with E-state index in [1.807, 2.05) is 13.8 Å². The molecule has 16 heavy (non-hydrogen) atoms. The molecule has 1 atom stereocenters. The Morgan fingerprint density at radius 1 is 1.50 bits per heavy atom. The van der Waals surface area contributed by atoms with Crippen molar-refractivity contribution >= 4 is 27.8 Å². The first kappa shape index (κ1) is 13.8. The van der Waals surface area contributed by atoms with Crippen LogP contribution in [0.3, 0.4) is 0 Å². The van der Waals surface area contributed by atoms with Crippen molar-refractivity contribution in [2.45, 2.75) is 24.6 Å². The Kier molecular flexibility index (Phi) is 3.91. The van der Waals surface area contributed by atoms with Gasteiger partial charge < -0.3 is 4.74 Å². The average Bonchev–Trinajstić information content (AvgIpc) is 2.13. The number of nitrogens with zero attached hydrogens (tertiary/aromatic N) is 1. The number of sulfonamides is 1. The lowest BCUT2D eigenvalue weighted by molar-refractivity contribution is -0.146. The van der Waals surface area contributed by atoms with Gasteiger partial charge >= 0.3 is 5.97 Å². The second kappa shape index (κ2) is 4.54. The van der Waals surface area contributed by atoms with Crippen LogP contribution in [0.2, 0.25) is 0 Å². The molecular formula is C9H17NO4S2. The molecule has 5 nitrogen and oxygen atoms in total. The van der Waals surface area contributed by atoms with E-state index >= 15 is 0 Å². The van der Waals surface area contributed by atoms with Crippen LogP contribution in [0, 0.1) is 0 Å². The molecule has 0 amide bonds. The van der Waals surface area contributed by atoms with E-state index in [1.165, 1.54) is 11.4 Å². The quantitative estimate of drug-likeness (QED) is 0.674. The summed E-state index contributed by atoms with van der Waals surface area (Å²) in [5.41, 5.74) is 0. The number of hydrogen-bond donors (Lipinski definition) is 0. The minimum absolute atomic E-state index is 0.354. The maximum absolute atomic E-state index is 11.7. The van der Waals surface area contributed by atoms with Crippen molar-refractivity contribution in [2.24, 2.45) is 0 Å². The van der Waals surface area contributed by atoms with Crippen molar-refractivity contribution in [3.63, 3.8) is 0 Å². The standard InChI is InChI=1S/C9H17NO4S2/c1-9(2)7(8(11)14-3)10(5-6-15-9)16(4,12)13/h7H,5-6H2,1-4H3. The Balaban J connectivity index is 3.12. The molecule has 1 aliphatic heterocycles. The number of rotatable bonds is 2. The van der Waals surface area contributed by atoms with Gasteiger partial charge in [0.05, 0.1) is 13.4 Å². The van der Waals surface area contributed by atoms with E-state index in [-0.39, 0.29) is 0 Å². The molecular weight excluding hydrogens is 250 g/mol. The van der Waals surface area contributed by atoms with Crippen LogP contribution in [-0.2, 0) is 19.6 Å². The minimum atomic E-state index is -3.38. The Morgan fingerprint density at radius 3 is 2.50 bits per heavy atom. The van der Waals surface area contributed by atoms with E-state index in [4.69, 9.17) is 4.74 Å². The maximum atomic E-state index is 11.7. The molecule has 1 rings (SSSR count). The molecule has 0 aliphatic carbocycles. The fourth-order valence-electron chi connectivity index (χ4n) is 1.82. The van der Waals surface area contributed by atoms with Crippen molar-refractivity contribution in [1.82, 2.24) is 4.31 Å². The van der Waals surface area contributed by atoms with Crippen LogP contribution in [0.15, 0.2) is 0 Å². The van der Waals surface area contributed by atoms with Gasteiger partial charge in [-0.2, -0.15) is 16.1 Å². The summed E-state index contributed by atoms with van der Waals surface area (Å²) in [6.45, 7) is 4.07. The molecule has 0 aromatic rings. The van der Waals surface area contributed by atoms with Crippen molar-refractivity contribution in [3.8, 4) is 0 Å². The number of ether oxygens (including phenoxy) is 1. The van der Waals surface area contributed by atoms with Crippen LogP contribution in [-0.4, -0.2) is 55.1 Å².